The normalized spacial score (nSPS) is 16.8. The number of carbonyl (C=O) groups excluding carboxylic acids is 1. The van der Waals surface area contributed by atoms with E-state index >= 15 is 0 Å². The summed E-state index contributed by atoms with van der Waals surface area (Å²) in [6.07, 6.45) is -0.151. The van der Waals surface area contributed by atoms with Gasteiger partial charge in [0, 0.05) is 6.42 Å². The summed E-state index contributed by atoms with van der Waals surface area (Å²) in [5.74, 6) is -0.154. The van der Waals surface area contributed by atoms with Crippen LogP contribution in [0.5, 0.6) is 5.75 Å². The molecule has 1 aliphatic rings. The van der Waals surface area contributed by atoms with Crippen molar-refractivity contribution in [2.75, 3.05) is 0 Å². The minimum absolute atomic E-state index is 0.0622. The summed E-state index contributed by atoms with van der Waals surface area (Å²) < 4.78 is 19.8. The largest absolute Gasteiger partial charge is 0.482 e. The van der Waals surface area contributed by atoms with Crippen LogP contribution in [0, 0.1) is 5.82 Å². The van der Waals surface area contributed by atoms with Crippen molar-refractivity contribution >= 4 is 21.7 Å². The van der Waals surface area contributed by atoms with Gasteiger partial charge in [-0.15, -0.1) is 0 Å². The summed E-state index contributed by atoms with van der Waals surface area (Å²) in [5.41, 5.74) is 1.04. The van der Waals surface area contributed by atoms with Crippen LogP contribution < -0.4 is 4.74 Å². The summed E-state index contributed by atoms with van der Waals surface area (Å²) in [7, 11) is 0. The van der Waals surface area contributed by atoms with Gasteiger partial charge in [-0.2, -0.15) is 0 Å². The first-order valence-corrected chi connectivity index (χ1v) is 6.69. The van der Waals surface area contributed by atoms with Crippen molar-refractivity contribution in [3.8, 4) is 5.75 Å². The number of hydrogen-bond acceptors (Lipinski definition) is 2. The van der Waals surface area contributed by atoms with Gasteiger partial charge in [-0.25, -0.2) is 4.39 Å². The predicted octanol–water partition coefficient (Wildman–Crippen LogP) is 3.77. The topological polar surface area (TPSA) is 26.3 Å². The molecule has 0 aromatic heterocycles. The SMILES string of the molecule is O=C(c1cccc(Br)c1F)C1Cc2ccccc2O1. The maximum atomic E-state index is 13.9. The Kier molecular flexibility index (Phi) is 3.11. The summed E-state index contributed by atoms with van der Waals surface area (Å²) >= 11 is 3.08. The molecule has 3 rings (SSSR count). The number of benzene rings is 2. The lowest BCUT2D eigenvalue weighted by molar-refractivity contribution is 0.0820. The molecular weight excluding hydrogens is 311 g/mol. The quantitative estimate of drug-likeness (QED) is 0.787. The first-order chi connectivity index (χ1) is 9.16. The highest BCUT2D eigenvalue weighted by molar-refractivity contribution is 9.10. The lowest BCUT2D eigenvalue weighted by Gasteiger charge is -2.10. The Hall–Kier alpha value is -1.68. The van der Waals surface area contributed by atoms with E-state index in [2.05, 4.69) is 15.9 Å². The third kappa shape index (κ3) is 2.16. The molecule has 0 fully saturated rings. The molecule has 1 atom stereocenters. The Labute approximate surface area is 118 Å². The molecule has 0 saturated heterocycles. The van der Waals surface area contributed by atoms with Crippen LogP contribution in [-0.4, -0.2) is 11.9 Å². The molecule has 0 saturated carbocycles. The molecule has 0 spiro atoms. The van der Waals surface area contributed by atoms with Gasteiger partial charge in [0.15, 0.2) is 6.10 Å². The minimum atomic E-state index is -0.638. The van der Waals surface area contributed by atoms with E-state index in [0.29, 0.717) is 12.2 Å². The standard InChI is InChI=1S/C15H10BrFO2/c16-11-6-3-5-10(14(11)17)15(18)13-8-9-4-1-2-7-12(9)19-13/h1-7,13H,8H2. The second-order valence-corrected chi connectivity index (χ2v) is 5.24. The maximum absolute atomic E-state index is 13.9. The van der Waals surface area contributed by atoms with Crippen LogP contribution in [0.15, 0.2) is 46.9 Å². The van der Waals surface area contributed by atoms with E-state index in [1.165, 1.54) is 6.07 Å². The minimum Gasteiger partial charge on any atom is -0.482 e. The van der Waals surface area contributed by atoms with Gasteiger partial charge < -0.3 is 4.74 Å². The van der Waals surface area contributed by atoms with Gasteiger partial charge in [0.25, 0.3) is 0 Å². The van der Waals surface area contributed by atoms with Crippen LogP contribution in [0.25, 0.3) is 0 Å². The van der Waals surface area contributed by atoms with Crippen LogP contribution in [0.4, 0.5) is 4.39 Å². The number of carbonyl (C=O) groups is 1. The number of hydrogen-bond donors (Lipinski definition) is 0. The average Bonchev–Trinajstić information content (AvgIpc) is 2.85. The van der Waals surface area contributed by atoms with Gasteiger partial charge in [0.2, 0.25) is 5.78 Å². The molecule has 1 heterocycles. The summed E-state index contributed by atoms with van der Waals surface area (Å²) in [5, 5.41) is 0. The first-order valence-electron chi connectivity index (χ1n) is 5.89. The highest BCUT2D eigenvalue weighted by Crippen LogP contribution is 2.30. The molecule has 0 bridgehead atoms. The molecular formula is C15H10BrFO2. The van der Waals surface area contributed by atoms with Gasteiger partial charge >= 0.3 is 0 Å². The highest BCUT2D eigenvalue weighted by atomic mass is 79.9. The molecule has 0 N–H and O–H groups in total. The first kappa shape index (κ1) is 12.4. The second kappa shape index (κ2) is 4.78. The van der Waals surface area contributed by atoms with Crippen LogP contribution in [-0.2, 0) is 6.42 Å². The van der Waals surface area contributed by atoms with Crippen molar-refractivity contribution in [2.24, 2.45) is 0 Å². The van der Waals surface area contributed by atoms with E-state index in [4.69, 9.17) is 4.74 Å². The molecule has 2 aromatic carbocycles. The molecule has 1 unspecified atom stereocenters. The zero-order valence-corrected chi connectivity index (χ0v) is 11.5. The fourth-order valence-electron chi connectivity index (χ4n) is 2.20. The number of para-hydroxylation sites is 1. The zero-order chi connectivity index (χ0) is 13.4. The monoisotopic (exact) mass is 320 g/mol. The van der Waals surface area contributed by atoms with Crippen molar-refractivity contribution in [1.82, 2.24) is 0 Å². The van der Waals surface area contributed by atoms with Gasteiger partial charge in [0.05, 0.1) is 10.0 Å². The maximum Gasteiger partial charge on any atom is 0.206 e. The van der Waals surface area contributed by atoms with Crippen LogP contribution in [0.1, 0.15) is 15.9 Å². The molecule has 0 aliphatic carbocycles. The van der Waals surface area contributed by atoms with Crippen molar-refractivity contribution in [1.29, 1.82) is 0 Å². The molecule has 19 heavy (non-hydrogen) atoms. The molecule has 2 aromatic rings. The molecule has 1 aliphatic heterocycles. The lowest BCUT2D eigenvalue weighted by Crippen LogP contribution is -2.26. The van der Waals surface area contributed by atoms with E-state index in [0.717, 1.165) is 5.56 Å². The van der Waals surface area contributed by atoms with Crippen LogP contribution in [0.2, 0.25) is 0 Å². The predicted molar refractivity (Wildman–Crippen MR) is 73.0 cm³/mol. The number of fused-ring (bicyclic) bond motifs is 1. The zero-order valence-electron chi connectivity index (χ0n) is 9.90. The fraction of sp³-hybridized carbons (Fsp3) is 0.133. The lowest BCUT2D eigenvalue weighted by atomic mass is 10.0. The Bertz CT molecular complexity index is 629. The Morgan fingerprint density at radius 3 is 2.79 bits per heavy atom. The molecule has 0 amide bonds. The van der Waals surface area contributed by atoms with E-state index in [1.54, 1.807) is 12.1 Å². The Balaban J connectivity index is 1.89. The van der Waals surface area contributed by atoms with Gasteiger partial charge in [0.1, 0.15) is 11.6 Å². The van der Waals surface area contributed by atoms with Crippen molar-refractivity contribution in [3.63, 3.8) is 0 Å². The average molecular weight is 321 g/mol. The molecule has 4 heteroatoms. The van der Waals surface area contributed by atoms with Gasteiger partial charge in [-0.1, -0.05) is 24.3 Å². The Morgan fingerprint density at radius 2 is 2.00 bits per heavy atom. The number of ether oxygens (including phenoxy) is 1. The van der Waals surface area contributed by atoms with Gasteiger partial charge in [-0.3, -0.25) is 4.79 Å². The molecule has 0 radical (unpaired) electrons. The number of rotatable bonds is 2. The van der Waals surface area contributed by atoms with Crippen LogP contribution in [0.3, 0.4) is 0 Å². The number of ketones is 1. The van der Waals surface area contributed by atoms with E-state index in [1.807, 2.05) is 24.3 Å². The van der Waals surface area contributed by atoms with Crippen LogP contribution >= 0.6 is 15.9 Å². The summed E-state index contributed by atoms with van der Waals surface area (Å²) in [6, 6.07) is 12.2. The van der Waals surface area contributed by atoms with Crippen molar-refractivity contribution in [2.45, 2.75) is 12.5 Å². The highest BCUT2D eigenvalue weighted by Gasteiger charge is 2.31. The van der Waals surface area contributed by atoms with Crippen molar-refractivity contribution in [3.05, 3.63) is 63.9 Å². The third-order valence-electron chi connectivity index (χ3n) is 3.16. The molecule has 96 valence electrons. The fourth-order valence-corrected chi connectivity index (χ4v) is 2.56. The molecule has 2 nitrogen and oxygen atoms in total. The second-order valence-electron chi connectivity index (χ2n) is 4.38. The smallest absolute Gasteiger partial charge is 0.206 e. The summed E-state index contributed by atoms with van der Waals surface area (Å²) in [4.78, 5) is 12.3. The van der Waals surface area contributed by atoms with Crippen molar-refractivity contribution < 1.29 is 13.9 Å². The van der Waals surface area contributed by atoms with Gasteiger partial charge in [-0.05, 0) is 39.7 Å². The van der Waals surface area contributed by atoms with E-state index in [-0.39, 0.29) is 15.8 Å². The van der Waals surface area contributed by atoms with E-state index in [9.17, 15) is 9.18 Å². The number of halogens is 2. The summed E-state index contributed by atoms with van der Waals surface area (Å²) in [6.45, 7) is 0. The third-order valence-corrected chi connectivity index (χ3v) is 3.77. The van der Waals surface area contributed by atoms with E-state index < -0.39 is 11.9 Å². The number of Topliss-reactive ketones (excluding diaryl/α,β-unsaturated/α-hetero) is 1. The Morgan fingerprint density at radius 1 is 1.21 bits per heavy atom.